The monoisotopic (exact) mass is 2100 g/mol. The van der Waals surface area contributed by atoms with Crippen molar-refractivity contribution in [3.8, 4) is 0 Å². The van der Waals surface area contributed by atoms with Gasteiger partial charge in [-0.3, -0.25) is 25.2 Å². The summed E-state index contributed by atoms with van der Waals surface area (Å²) in [5.41, 5.74) is 19.8. The fourth-order valence-corrected chi connectivity index (χ4v) is 14.0. The Hall–Kier alpha value is -15.8. The van der Waals surface area contributed by atoms with Gasteiger partial charge in [0, 0.05) is 39.1 Å². The molecule has 0 atom stereocenters. The lowest BCUT2D eigenvalue weighted by Gasteiger charge is -2.19. The lowest BCUT2D eigenvalue weighted by molar-refractivity contribution is 0.0503. The number of nitrogens with two attached hydrogens (primary N) is 4. The number of alkyl carbamates (subject to hydrolysis) is 1. The van der Waals surface area contributed by atoms with Gasteiger partial charge >= 0.3 is 75.7 Å². The molecule has 0 bridgehead atoms. The number of aromatic amines is 6. The van der Waals surface area contributed by atoms with E-state index in [9.17, 15) is 62.1 Å². The van der Waals surface area contributed by atoms with Crippen molar-refractivity contribution in [2.24, 2.45) is 17.3 Å². The van der Waals surface area contributed by atoms with Gasteiger partial charge < -0.3 is 66.5 Å². The molecule has 0 fully saturated rings. The summed E-state index contributed by atoms with van der Waals surface area (Å²) in [6.45, 7) is 15.2. The van der Waals surface area contributed by atoms with Crippen LogP contribution in [-0.4, -0.2) is 146 Å². The summed E-state index contributed by atoms with van der Waals surface area (Å²) in [6, 6.07) is 67.6. The molecule has 0 saturated heterocycles. The number of halogens is 6. The molecule has 0 aliphatic carbocycles. The van der Waals surface area contributed by atoms with Crippen LogP contribution in [0.15, 0.2) is 252 Å². The Morgan fingerprint density at radius 1 is 0.496 bits per heavy atom. The van der Waals surface area contributed by atoms with E-state index >= 15 is 0 Å². The van der Waals surface area contributed by atoms with E-state index in [0.717, 1.165) is 101 Å². The smallest absolute Gasteiger partial charge is 0.439 e. The number of alkyl halides is 1. The number of carboxylic acids is 1. The second kappa shape index (κ2) is 48.5. The maximum absolute atomic E-state index is 12.5. The maximum atomic E-state index is 12.5. The second-order valence-electron chi connectivity index (χ2n) is 31.4. The second-order valence-corrected chi connectivity index (χ2v) is 39.5. The van der Waals surface area contributed by atoms with Gasteiger partial charge in [-0.1, -0.05) is 173 Å². The predicted molar refractivity (Wildman–Crippen MR) is 553 cm³/mol. The Kier molecular flexibility index (Phi) is 36.9. The molecular formula is C93H89BrCl5N22O19P. The number of hydrazine groups is 2. The number of carboxylic acid groups (broad SMARTS) is 1. The van der Waals surface area contributed by atoms with Crippen LogP contribution in [0.25, 0.3) is 130 Å². The number of rotatable bonds is 8. The Morgan fingerprint density at radius 3 is 1.35 bits per heavy atom. The number of nitrogens with one attached hydrogen (secondary N) is 10. The molecule has 0 aliphatic heterocycles. The summed E-state index contributed by atoms with van der Waals surface area (Å²) >= 11 is 28.9. The Bertz CT molecular complexity index is 8420. The van der Waals surface area contributed by atoms with Crippen LogP contribution < -0.4 is 84.3 Å². The largest absolute Gasteiger partial charge is 0.478 e. The highest BCUT2D eigenvalue weighted by Crippen LogP contribution is 2.61. The van der Waals surface area contributed by atoms with Crippen LogP contribution in [-0.2, 0) is 23.5 Å². The molecule has 0 radical (unpaired) electrons. The number of nitrogen functional groups attached to an aromatic ring is 1. The summed E-state index contributed by atoms with van der Waals surface area (Å²) in [5, 5.41) is 35.3. The number of anilines is 2. The number of ether oxygens (including phenoxy) is 4. The summed E-state index contributed by atoms with van der Waals surface area (Å²) in [6.07, 6.45) is -1.59. The molecule has 141 heavy (non-hydrogen) atoms. The van der Waals surface area contributed by atoms with Crippen LogP contribution in [0.5, 0.6) is 0 Å². The number of benzene rings is 12. The van der Waals surface area contributed by atoms with E-state index in [-0.39, 0.29) is 40.6 Å². The fourth-order valence-electron chi connectivity index (χ4n) is 13.2. The van der Waals surface area contributed by atoms with E-state index in [0.29, 0.717) is 72.5 Å². The molecule has 0 spiro atoms. The predicted octanol–water partition coefficient (Wildman–Crippen LogP) is 16.8. The van der Waals surface area contributed by atoms with Crippen molar-refractivity contribution in [2.45, 2.75) is 73.0 Å². The van der Waals surface area contributed by atoms with E-state index < -0.39 is 80.8 Å². The standard InChI is InChI=1S/C18H16N4O4.C15H14N4O3.C13H8N4O2.C12H6Cl2N2.C12H8N2O2.C11H9NO2.C8H16BrNO2.C3H8N2O2.CH4N2O.Cl3OP/c1-18(2,3)26-17(25)22-16(24)21-14(20-22)12-8-10-6-4-5-7-11(10)9-13(12)19-15(21)23;1-2-22-15(21)19-18-13-11-7-9-5-3-4-6-10(9)8-12(11)16-14(20)17-13;18-12-14-10-6-8-4-2-1-3-7(8)5-9(10)11-15-16-13(19)17(11)12;13-11-9-5-7-3-1-2-4-8(7)6-10(9)15-12(14)16-11;15-11-9-5-7-3-1-2-4-8(7)6-10(9)13-12(16)14-11;12-10-6-8-4-2-1-3-7(8)5-9(10)11(13)14;1-8(2,3)12-7(11)10-6-4-5-9;1-2-7-3(6)5-4;2-1(3)4;1-5(2,3)4/h4-9H,1-3H3,(H,19,23);3-8H,2H2,1H3,(H,19,21)(H2,16,17,18,20);1-6H,(H,14,18)(H,16,19);1-6H;1-6H,(H2,13,14,15,16);1-6H,12H2,(H,13,14);4-6H2,1-3H3,(H,10,11);2,4H2,1H3,(H,5,6);(H4,2,3,4);. The van der Waals surface area contributed by atoms with Gasteiger partial charge in [-0.2, -0.15) is 18.9 Å². The zero-order valence-corrected chi connectivity index (χ0v) is 82.0. The van der Waals surface area contributed by atoms with Gasteiger partial charge in [0.15, 0.2) is 17.1 Å². The molecular weight excluding hydrogens is 2020 g/mol. The van der Waals surface area contributed by atoms with Crippen LogP contribution in [0.4, 0.5) is 35.5 Å². The zero-order valence-electron chi connectivity index (χ0n) is 75.7. The van der Waals surface area contributed by atoms with Gasteiger partial charge in [0.2, 0.25) is 5.28 Å². The highest BCUT2D eigenvalue weighted by molar-refractivity contribution is 9.09. The van der Waals surface area contributed by atoms with Gasteiger partial charge in [-0.05, 0) is 245 Å². The van der Waals surface area contributed by atoms with Gasteiger partial charge in [0.1, 0.15) is 16.4 Å². The lowest BCUT2D eigenvalue weighted by Crippen LogP contribution is -2.36. The van der Waals surface area contributed by atoms with Crippen molar-refractivity contribution in [2.75, 3.05) is 36.2 Å². The molecule has 0 aliphatic rings. The molecule has 5 amide bonds. The molecule has 19 aromatic rings. The van der Waals surface area contributed by atoms with E-state index in [1.807, 2.05) is 215 Å². The summed E-state index contributed by atoms with van der Waals surface area (Å²) in [4.78, 5) is 172. The number of hydrogen-bond donors (Lipinski definition) is 15. The highest BCUT2D eigenvalue weighted by Gasteiger charge is 2.25. The zero-order chi connectivity index (χ0) is 103. The molecule has 12 aromatic carbocycles. The van der Waals surface area contributed by atoms with Crippen molar-refractivity contribution in [3.63, 3.8) is 0 Å². The molecule has 732 valence electrons. The van der Waals surface area contributed by atoms with Gasteiger partial charge in [-0.15, -0.1) is 9.78 Å². The average Bonchev–Trinajstić information content (AvgIpc) is 1.64. The van der Waals surface area contributed by atoms with E-state index in [1.54, 1.807) is 64.3 Å². The van der Waals surface area contributed by atoms with E-state index in [1.165, 1.54) is 0 Å². The topological polar surface area (TPSA) is 621 Å². The Labute approximate surface area is 827 Å². The minimum atomic E-state index is -3.22. The van der Waals surface area contributed by atoms with Crippen LogP contribution in [0, 0.1) is 0 Å². The third kappa shape index (κ3) is 30.3. The molecule has 48 heteroatoms. The first-order valence-corrected chi connectivity index (χ1v) is 48.1. The maximum Gasteiger partial charge on any atom is 0.439 e. The third-order valence-corrected chi connectivity index (χ3v) is 19.9. The number of carbonyl (C=O) groups excluding carboxylic acids is 5. The van der Waals surface area contributed by atoms with Gasteiger partial charge in [-0.25, -0.2) is 83.9 Å². The molecule has 0 unspecified atom stereocenters. The summed E-state index contributed by atoms with van der Waals surface area (Å²) in [7, 11) is 0. The number of hydrogen-bond acceptors (Lipinski definition) is 26. The van der Waals surface area contributed by atoms with Crippen molar-refractivity contribution in [3.05, 3.63) is 308 Å². The lowest BCUT2D eigenvalue weighted by atomic mass is 10.1. The Balaban J connectivity index is 0.000000167. The van der Waals surface area contributed by atoms with E-state index in [4.69, 9.17) is 53.0 Å². The number of primary amides is 2. The SMILES string of the molecule is CC(C)(C)OC(=O)NCCCBr.CC(C)(C)OC(=O)n1nc2c3cc4ccccc4cc3[nH]c(=O)n2c1=O.CCOC(=O)NN.CCOC(=O)NNc1nc(=O)[nH]c2cc3ccccc3cc12.Clc1nc(Cl)c2cc3ccccc3cc2n1.NC(N)=O.Nc1cc2ccccc2cc1C(=O)O.O=P(Cl)(Cl)Cl.O=c1[nH]c(=O)c2cc3ccccc3cc2[nH]1.O=c1[nH]nc2c3cc4ccccc4cc3[nH]c(=O)n12. The normalized spacial score (nSPS) is 10.9. The number of fused-ring (bicyclic) bond motifs is 15. The third-order valence-electron chi connectivity index (χ3n) is 18.9. The fraction of sp³-hybridized carbons (Fsp3) is 0.161. The highest BCUT2D eigenvalue weighted by atomic mass is 79.9. The molecule has 19 rings (SSSR count). The van der Waals surface area contributed by atoms with Gasteiger partial charge in [0.05, 0.1) is 51.7 Å². The van der Waals surface area contributed by atoms with Crippen LogP contribution in [0.1, 0.15) is 72.2 Å². The molecule has 0 saturated carbocycles. The quantitative estimate of drug-likeness (QED) is 0.00574. The van der Waals surface area contributed by atoms with Crippen molar-refractivity contribution < 1.29 is 57.4 Å². The van der Waals surface area contributed by atoms with Crippen molar-refractivity contribution in [1.29, 1.82) is 0 Å². The number of amides is 5. The number of urea groups is 1. The minimum absolute atomic E-state index is 0.102. The molecule has 41 nitrogen and oxygen atoms in total. The summed E-state index contributed by atoms with van der Waals surface area (Å²) in [5.74, 6) is 3.90. The first-order valence-electron chi connectivity index (χ1n) is 41.8. The van der Waals surface area contributed by atoms with Crippen LogP contribution in [0.2, 0.25) is 10.4 Å². The molecule has 7 heterocycles. The number of carbonyl (C=O) groups is 6. The van der Waals surface area contributed by atoms with Crippen molar-refractivity contribution >= 4 is 256 Å². The molecule has 19 N–H and O–H groups in total. The van der Waals surface area contributed by atoms with Crippen LogP contribution >= 0.6 is 78.1 Å². The summed E-state index contributed by atoms with van der Waals surface area (Å²) < 4.78 is 31.2. The first-order chi connectivity index (χ1) is 66.8. The molecule has 7 aromatic heterocycles. The first kappa shape index (κ1) is 107. The number of nitrogens with zero attached hydrogens (tertiary/aromatic N) is 8. The number of aromatic carboxylic acids is 1. The number of H-pyrrole nitrogens is 6. The van der Waals surface area contributed by atoms with Crippen molar-refractivity contribution in [1.82, 2.24) is 84.8 Å². The van der Waals surface area contributed by atoms with Gasteiger partial charge in [0.25, 0.3) is 5.56 Å². The van der Waals surface area contributed by atoms with Crippen LogP contribution in [0.3, 0.4) is 0 Å². The number of aromatic nitrogens is 14. The van der Waals surface area contributed by atoms with E-state index in [2.05, 4.69) is 143 Å². The Morgan fingerprint density at radius 2 is 0.901 bits per heavy atom. The minimum Gasteiger partial charge on any atom is -0.478 e. The average molecular weight is 2110 g/mol.